The van der Waals surface area contributed by atoms with Gasteiger partial charge in [-0.3, -0.25) is 9.52 Å². The lowest BCUT2D eigenvalue weighted by atomic mass is 10.2. The van der Waals surface area contributed by atoms with Crippen LogP contribution in [0.4, 0.5) is 5.69 Å². The largest absolute Gasteiger partial charge is 0.366 e. The number of rotatable bonds is 5. The van der Waals surface area contributed by atoms with E-state index in [0.717, 1.165) is 0 Å². The van der Waals surface area contributed by atoms with Gasteiger partial charge < -0.3 is 11.5 Å². The van der Waals surface area contributed by atoms with Crippen LogP contribution in [0, 0.1) is 0 Å². The molecule has 0 saturated carbocycles. The van der Waals surface area contributed by atoms with Gasteiger partial charge in [0.1, 0.15) is 0 Å². The van der Waals surface area contributed by atoms with Crippen LogP contribution in [0.15, 0.2) is 53.4 Å². The molecule has 6 nitrogen and oxygen atoms in total. The molecule has 0 heterocycles. The lowest BCUT2D eigenvalue weighted by molar-refractivity contribution is 0.1000. The maximum absolute atomic E-state index is 12.3. The highest BCUT2D eigenvalue weighted by molar-refractivity contribution is 7.92. The average Bonchev–Trinajstić information content (AvgIpc) is 2.47. The Balaban J connectivity index is 2.32. The number of carbonyl (C=O) groups excluding carboxylic acids is 1. The number of nitrogens with two attached hydrogens (primary N) is 2. The second-order valence-electron chi connectivity index (χ2n) is 4.36. The minimum atomic E-state index is -3.75. The number of carbonyl (C=O) groups is 1. The van der Waals surface area contributed by atoms with E-state index in [0.29, 0.717) is 11.3 Å². The van der Waals surface area contributed by atoms with Gasteiger partial charge in [-0.05, 0) is 35.9 Å². The van der Waals surface area contributed by atoms with Crippen molar-refractivity contribution in [2.24, 2.45) is 11.5 Å². The van der Waals surface area contributed by atoms with Crippen LogP contribution < -0.4 is 16.2 Å². The zero-order chi connectivity index (χ0) is 15.5. The standard InChI is InChI=1S/C14H15N3O3S/c15-9-11-3-1-2-4-13(11)17-21(19,20)12-7-5-10(6-8-12)14(16)18/h1-8,17H,9,15H2,(H2,16,18). The number of benzene rings is 2. The minimum Gasteiger partial charge on any atom is -0.366 e. The number of para-hydroxylation sites is 1. The highest BCUT2D eigenvalue weighted by Crippen LogP contribution is 2.20. The summed E-state index contributed by atoms with van der Waals surface area (Å²) in [7, 11) is -3.75. The molecule has 0 unspecified atom stereocenters. The molecule has 7 heteroatoms. The molecule has 0 atom stereocenters. The van der Waals surface area contributed by atoms with E-state index in [2.05, 4.69) is 4.72 Å². The third-order valence-electron chi connectivity index (χ3n) is 2.93. The van der Waals surface area contributed by atoms with Gasteiger partial charge in [-0.25, -0.2) is 8.42 Å². The number of anilines is 1. The minimum absolute atomic E-state index is 0.0410. The second kappa shape index (κ2) is 5.94. The number of nitrogens with one attached hydrogen (secondary N) is 1. The fraction of sp³-hybridized carbons (Fsp3) is 0.0714. The number of hydrogen-bond acceptors (Lipinski definition) is 4. The van der Waals surface area contributed by atoms with Crippen LogP contribution in [-0.4, -0.2) is 14.3 Å². The Labute approximate surface area is 122 Å². The van der Waals surface area contributed by atoms with Crippen molar-refractivity contribution < 1.29 is 13.2 Å². The summed E-state index contributed by atoms with van der Waals surface area (Å²) in [6.07, 6.45) is 0. The van der Waals surface area contributed by atoms with Crippen molar-refractivity contribution in [1.29, 1.82) is 0 Å². The van der Waals surface area contributed by atoms with Crippen molar-refractivity contribution in [3.63, 3.8) is 0 Å². The van der Waals surface area contributed by atoms with Gasteiger partial charge in [0.05, 0.1) is 10.6 Å². The topological polar surface area (TPSA) is 115 Å². The van der Waals surface area contributed by atoms with Gasteiger partial charge in [0.2, 0.25) is 5.91 Å². The van der Waals surface area contributed by atoms with Gasteiger partial charge in [0.15, 0.2) is 0 Å². The van der Waals surface area contributed by atoms with E-state index in [9.17, 15) is 13.2 Å². The number of sulfonamides is 1. The third kappa shape index (κ3) is 3.39. The van der Waals surface area contributed by atoms with Crippen molar-refractivity contribution >= 4 is 21.6 Å². The first-order chi connectivity index (χ1) is 9.94. The van der Waals surface area contributed by atoms with Crippen LogP contribution in [0.1, 0.15) is 15.9 Å². The molecule has 2 aromatic rings. The van der Waals surface area contributed by atoms with Gasteiger partial charge in [-0.1, -0.05) is 18.2 Å². The first-order valence-electron chi connectivity index (χ1n) is 6.14. The Morgan fingerprint density at radius 2 is 1.67 bits per heavy atom. The summed E-state index contributed by atoms with van der Waals surface area (Å²) in [5.74, 6) is -0.611. The molecular weight excluding hydrogens is 290 g/mol. The van der Waals surface area contributed by atoms with E-state index in [1.54, 1.807) is 24.3 Å². The van der Waals surface area contributed by atoms with Crippen LogP contribution in [0.2, 0.25) is 0 Å². The zero-order valence-electron chi connectivity index (χ0n) is 11.1. The zero-order valence-corrected chi connectivity index (χ0v) is 11.9. The molecule has 0 fully saturated rings. The van der Waals surface area contributed by atoms with E-state index in [1.807, 2.05) is 0 Å². The van der Waals surface area contributed by atoms with Crippen LogP contribution in [0.3, 0.4) is 0 Å². The molecule has 110 valence electrons. The molecule has 0 aliphatic rings. The van der Waals surface area contributed by atoms with Crippen LogP contribution in [0.25, 0.3) is 0 Å². The number of amides is 1. The van der Waals surface area contributed by atoms with E-state index < -0.39 is 15.9 Å². The lowest BCUT2D eigenvalue weighted by Crippen LogP contribution is -2.16. The van der Waals surface area contributed by atoms with Crippen molar-refractivity contribution in [3.8, 4) is 0 Å². The average molecular weight is 305 g/mol. The number of hydrogen-bond donors (Lipinski definition) is 3. The molecule has 0 saturated heterocycles. The fourth-order valence-electron chi connectivity index (χ4n) is 1.80. The monoisotopic (exact) mass is 305 g/mol. The normalized spacial score (nSPS) is 11.1. The van der Waals surface area contributed by atoms with Crippen LogP contribution >= 0.6 is 0 Å². The van der Waals surface area contributed by atoms with Crippen molar-refractivity contribution in [1.82, 2.24) is 0 Å². The second-order valence-corrected chi connectivity index (χ2v) is 6.04. The highest BCUT2D eigenvalue weighted by Gasteiger charge is 2.16. The summed E-state index contributed by atoms with van der Waals surface area (Å²) in [5.41, 5.74) is 12.1. The van der Waals surface area contributed by atoms with Crippen molar-refractivity contribution in [2.45, 2.75) is 11.4 Å². The summed E-state index contributed by atoms with van der Waals surface area (Å²) >= 11 is 0. The van der Waals surface area contributed by atoms with Gasteiger partial charge in [-0.2, -0.15) is 0 Å². The summed E-state index contributed by atoms with van der Waals surface area (Å²) in [4.78, 5) is 11.0. The van der Waals surface area contributed by atoms with Crippen LogP contribution in [0.5, 0.6) is 0 Å². The van der Waals surface area contributed by atoms with Gasteiger partial charge in [0.25, 0.3) is 10.0 Å². The molecule has 2 aromatic carbocycles. The van der Waals surface area contributed by atoms with Crippen molar-refractivity contribution in [3.05, 3.63) is 59.7 Å². The van der Waals surface area contributed by atoms with E-state index in [-0.39, 0.29) is 17.0 Å². The summed E-state index contributed by atoms with van der Waals surface area (Å²) in [6, 6.07) is 12.3. The summed E-state index contributed by atoms with van der Waals surface area (Å²) in [6.45, 7) is 0.222. The van der Waals surface area contributed by atoms with E-state index in [4.69, 9.17) is 11.5 Å². The quantitative estimate of drug-likeness (QED) is 0.765. The Hall–Kier alpha value is -2.38. The van der Waals surface area contributed by atoms with Crippen LogP contribution in [-0.2, 0) is 16.6 Å². The first-order valence-corrected chi connectivity index (χ1v) is 7.63. The third-order valence-corrected chi connectivity index (χ3v) is 4.31. The molecule has 2 rings (SSSR count). The summed E-state index contributed by atoms with van der Waals surface area (Å²) in [5, 5.41) is 0. The lowest BCUT2D eigenvalue weighted by Gasteiger charge is -2.11. The SMILES string of the molecule is NCc1ccccc1NS(=O)(=O)c1ccc(C(N)=O)cc1. The molecule has 0 radical (unpaired) electrons. The maximum Gasteiger partial charge on any atom is 0.261 e. The molecule has 21 heavy (non-hydrogen) atoms. The summed E-state index contributed by atoms with van der Waals surface area (Å²) < 4.78 is 27.0. The van der Waals surface area contributed by atoms with Gasteiger partial charge >= 0.3 is 0 Å². The maximum atomic E-state index is 12.3. The van der Waals surface area contributed by atoms with Gasteiger partial charge in [-0.15, -0.1) is 0 Å². The molecule has 1 amide bonds. The predicted molar refractivity (Wildman–Crippen MR) is 80.1 cm³/mol. The molecular formula is C14H15N3O3S. The number of primary amides is 1. The molecule has 0 aliphatic carbocycles. The first kappa shape index (κ1) is 15.0. The Kier molecular flexibility index (Phi) is 4.25. The van der Waals surface area contributed by atoms with E-state index >= 15 is 0 Å². The Bertz CT molecular complexity index is 755. The predicted octanol–water partition coefficient (Wildman–Crippen LogP) is 1.04. The molecule has 0 aromatic heterocycles. The van der Waals surface area contributed by atoms with E-state index in [1.165, 1.54) is 24.3 Å². The van der Waals surface area contributed by atoms with Crippen molar-refractivity contribution in [2.75, 3.05) is 4.72 Å². The smallest absolute Gasteiger partial charge is 0.261 e. The fourth-order valence-corrected chi connectivity index (χ4v) is 2.90. The van der Waals surface area contributed by atoms with Gasteiger partial charge in [0, 0.05) is 12.1 Å². The Morgan fingerprint density at radius 1 is 1.05 bits per heavy atom. The highest BCUT2D eigenvalue weighted by atomic mass is 32.2. The molecule has 0 spiro atoms. The molecule has 5 N–H and O–H groups in total. The molecule has 0 aliphatic heterocycles. The Morgan fingerprint density at radius 3 is 2.24 bits per heavy atom. The molecule has 0 bridgehead atoms.